The predicted octanol–water partition coefficient (Wildman–Crippen LogP) is 1.99. The van der Waals surface area contributed by atoms with Crippen molar-refractivity contribution in [2.45, 2.75) is 59.5 Å². The van der Waals surface area contributed by atoms with Crippen LogP contribution in [0.15, 0.2) is 4.99 Å². The second-order valence-electron chi connectivity index (χ2n) is 5.42. The van der Waals surface area contributed by atoms with Crippen molar-refractivity contribution in [2.24, 2.45) is 16.8 Å². The molecule has 0 saturated carbocycles. The fourth-order valence-corrected chi connectivity index (χ4v) is 2.21. The van der Waals surface area contributed by atoms with Crippen LogP contribution in [-0.4, -0.2) is 43.2 Å². The lowest BCUT2D eigenvalue weighted by molar-refractivity contribution is 0.184. The SMILES string of the molecule is CCC(CC)N(CC(C)C)C(=NC(C)COC)NN. The molecule has 0 saturated heterocycles. The number of nitrogens with one attached hydrogen (secondary N) is 1. The smallest absolute Gasteiger partial charge is 0.209 e. The maximum Gasteiger partial charge on any atom is 0.209 e. The monoisotopic (exact) mass is 272 g/mol. The first kappa shape index (κ1) is 18.2. The standard InChI is InChI=1S/C14H32N4O/c1-7-13(8-2)18(9-11(3)4)14(17-15)16-12(5)10-19-6/h11-13H,7-10,15H2,1-6H3,(H,16,17). The molecule has 19 heavy (non-hydrogen) atoms. The minimum Gasteiger partial charge on any atom is -0.382 e. The first-order valence-corrected chi connectivity index (χ1v) is 7.29. The number of rotatable bonds is 8. The number of guanidine groups is 1. The van der Waals surface area contributed by atoms with E-state index in [1.807, 2.05) is 6.92 Å². The Morgan fingerprint density at radius 2 is 1.84 bits per heavy atom. The highest BCUT2D eigenvalue weighted by molar-refractivity contribution is 5.80. The van der Waals surface area contributed by atoms with Crippen LogP contribution in [0.5, 0.6) is 0 Å². The summed E-state index contributed by atoms with van der Waals surface area (Å²) < 4.78 is 5.13. The molecule has 0 heterocycles. The first-order valence-electron chi connectivity index (χ1n) is 7.29. The maximum atomic E-state index is 5.68. The zero-order chi connectivity index (χ0) is 14.8. The number of hydrogen-bond acceptors (Lipinski definition) is 3. The number of ether oxygens (including phenoxy) is 1. The summed E-state index contributed by atoms with van der Waals surface area (Å²) >= 11 is 0. The van der Waals surface area contributed by atoms with Gasteiger partial charge in [0.2, 0.25) is 5.96 Å². The lowest BCUT2D eigenvalue weighted by Crippen LogP contribution is -2.51. The van der Waals surface area contributed by atoms with Gasteiger partial charge in [0.15, 0.2) is 0 Å². The highest BCUT2D eigenvalue weighted by atomic mass is 16.5. The molecule has 0 amide bonds. The van der Waals surface area contributed by atoms with Gasteiger partial charge in [0, 0.05) is 19.7 Å². The van der Waals surface area contributed by atoms with Gasteiger partial charge in [0.25, 0.3) is 0 Å². The third-order valence-electron chi connectivity index (χ3n) is 3.10. The van der Waals surface area contributed by atoms with Gasteiger partial charge in [-0.2, -0.15) is 0 Å². The van der Waals surface area contributed by atoms with Crippen LogP contribution < -0.4 is 11.3 Å². The Morgan fingerprint density at radius 1 is 1.26 bits per heavy atom. The lowest BCUT2D eigenvalue weighted by Gasteiger charge is -2.34. The fourth-order valence-electron chi connectivity index (χ4n) is 2.21. The van der Waals surface area contributed by atoms with Gasteiger partial charge >= 0.3 is 0 Å². The van der Waals surface area contributed by atoms with Crippen molar-refractivity contribution >= 4 is 5.96 Å². The zero-order valence-electron chi connectivity index (χ0n) is 13.4. The number of nitrogens with zero attached hydrogens (tertiary/aromatic N) is 2. The van der Waals surface area contributed by atoms with E-state index in [0.717, 1.165) is 25.3 Å². The first-order chi connectivity index (χ1) is 8.99. The number of aliphatic imine (C=N–C) groups is 1. The Labute approximate surface area is 118 Å². The second-order valence-corrected chi connectivity index (χ2v) is 5.42. The van der Waals surface area contributed by atoms with Crippen molar-refractivity contribution in [3.63, 3.8) is 0 Å². The molecule has 0 spiro atoms. The third-order valence-corrected chi connectivity index (χ3v) is 3.10. The number of hydrazine groups is 1. The van der Waals surface area contributed by atoms with E-state index in [9.17, 15) is 0 Å². The summed E-state index contributed by atoms with van der Waals surface area (Å²) in [6.45, 7) is 12.4. The molecule has 0 aromatic heterocycles. The van der Waals surface area contributed by atoms with Crippen molar-refractivity contribution in [3.05, 3.63) is 0 Å². The molecule has 5 heteroatoms. The summed E-state index contributed by atoms with van der Waals surface area (Å²) in [6.07, 6.45) is 2.17. The van der Waals surface area contributed by atoms with Gasteiger partial charge in [0.05, 0.1) is 12.6 Å². The van der Waals surface area contributed by atoms with Gasteiger partial charge in [0.1, 0.15) is 0 Å². The highest BCUT2D eigenvalue weighted by Crippen LogP contribution is 2.12. The molecule has 5 nitrogen and oxygen atoms in total. The topological polar surface area (TPSA) is 62.9 Å². The summed E-state index contributed by atoms with van der Waals surface area (Å²) in [6, 6.07) is 0.562. The van der Waals surface area contributed by atoms with E-state index in [1.165, 1.54) is 0 Å². The average molecular weight is 272 g/mol. The molecule has 0 aliphatic carbocycles. The van der Waals surface area contributed by atoms with Crippen LogP contribution in [0.4, 0.5) is 0 Å². The molecule has 0 radical (unpaired) electrons. The summed E-state index contributed by atoms with van der Waals surface area (Å²) in [5.74, 6) is 7.01. The molecule has 0 fully saturated rings. The number of hydrogen-bond donors (Lipinski definition) is 2. The quantitative estimate of drug-likeness (QED) is 0.307. The van der Waals surface area contributed by atoms with Crippen molar-refractivity contribution in [1.82, 2.24) is 10.3 Å². The van der Waals surface area contributed by atoms with Crippen molar-refractivity contribution in [3.8, 4) is 0 Å². The van der Waals surface area contributed by atoms with E-state index in [4.69, 9.17) is 10.6 Å². The Bertz CT molecular complexity index is 252. The van der Waals surface area contributed by atoms with Crippen LogP contribution in [0.2, 0.25) is 0 Å². The van der Waals surface area contributed by atoms with Gasteiger partial charge in [-0.05, 0) is 25.7 Å². The molecule has 0 aliphatic heterocycles. The molecule has 0 bridgehead atoms. The molecular formula is C14H32N4O. The molecule has 0 rings (SSSR count). The summed E-state index contributed by atoms with van der Waals surface area (Å²) in [5, 5.41) is 0. The second kappa shape index (κ2) is 10.0. The molecule has 0 aromatic carbocycles. The maximum absolute atomic E-state index is 5.68. The molecule has 114 valence electrons. The van der Waals surface area contributed by atoms with Crippen LogP contribution in [0.25, 0.3) is 0 Å². The van der Waals surface area contributed by atoms with Crippen LogP contribution in [0.3, 0.4) is 0 Å². The van der Waals surface area contributed by atoms with E-state index in [1.54, 1.807) is 7.11 Å². The Kier molecular flexibility index (Phi) is 9.61. The van der Waals surface area contributed by atoms with Crippen molar-refractivity contribution in [2.75, 3.05) is 20.3 Å². The van der Waals surface area contributed by atoms with Crippen molar-refractivity contribution in [1.29, 1.82) is 0 Å². The van der Waals surface area contributed by atoms with Crippen LogP contribution >= 0.6 is 0 Å². The minimum absolute atomic E-state index is 0.0973. The summed E-state index contributed by atoms with van der Waals surface area (Å²) in [5.41, 5.74) is 2.77. The Balaban J connectivity index is 5.04. The average Bonchev–Trinajstić information content (AvgIpc) is 2.36. The molecule has 3 N–H and O–H groups in total. The van der Waals surface area contributed by atoms with E-state index in [2.05, 4.69) is 43.0 Å². The molecule has 0 aliphatic rings. The summed E-state index contributed by atoms with van der Waals surface area (Å²) in [7, 11) is 1.69. The normalized spacial score (nSPS) is 14.1. The predicted molar refractivity (Wildman–Crippen MR) is 82.0 cm³/mol. The molecule has 0 aromatic rings. The Hall–Kier alpha value is -0.810. The van der Waals surface area contributed by atoms with Gasteiger partial charge in [-0.15, -0.1) is 0 Å². The fraction of sp³-hybridized carbons (Fsp3) is 0.929. The molecular weight excluding hydrogens is 240 g/mol. The highest BCUT2D eigenvalue weighted by Gasteiger charge is 2.20. The molecule has 1 atom stereocenters. The largest absolute Gasteiger partial charge is 0.382 e. The Morgan fingerprint density at radius 3 is 2.21 bits per heavy atom. The third kappa shape index (κ3) is 6.78. The van der Waals surface area contributed by atoms with Crippen LogP contribution in [-0.2, 0) is 4.74 Å². The number of methoxy groups -OCH3 is 1. The molecule has 1 unspecified atom stereocenters. The lowest BCUT2D eigenvalue weighted by atomic mass is 10.1. The van der Waals surface area contributed by atoms with Gasteiger partial charge in [-0.3, -0.25) is 5.43 Å². The van der Waals surface area contributed by atoms with E-state index in [0.29, 0.717) is 18.6 Å². The summed E-state index contributed by atoms with van der Waals surface area (Å²) in [4.78, 5) is 6.92. The van der Waals surface area contributed by atoms with E-state index in [-0.39, 0.29) is 6.04 Å². The van der Waals surface area contributed by atoms with Crippen LogP contribution in [0.1, 0.15) is 47.5 Å². The van der Waals surface area contributed by atoms with Gasteiger partial charge in [-0.25, -0.2) is 10.8 Å². The van der Waals surface area contributed by atoms with Gasteiger partial charge in [-0.1, -0.05) is 27.7 Å². The number of nitrogens with two attached hydrogens (primary N) is 1. The van der Waals surface area contributed by atoms with Crippen LogP contribution in [0, 0.1) is 5.92 Å². The minimum atomic E-state index is 0.0973. The van der Waals surface area contributed by atoms with Gasteiger partial charge < -0.3 is 9.64 Å². The van der Waals surface area contributed by atoms with E-state index >= 15 is 0 Å². The van der Waals surface area contributed by atoms with Crippen molar-refractivity contribution < 1.29 is 4.74 Å². The zero-order valence-corrected chi connectivity index (χ0v) is 13.4. The van der Waals surface area contributed by atoms with E-state index < -0.39 is 0 Å².